The minimum atomic E-state index is -0.821. The van der Waals surface area contributed by atoms with Gasteiger partial charge in [-0.05, 0) is 6.07 Å². The van der Waals surface area contributed by atoms with Crippen molar-refractivity contribution in [1.29, 1.82) is 0 Å². The number of nitrogens with zero attached hydrogens (tertiary/aromatic N) is 1. The molecule has 0 fully saturated rings. The number of halogens is 1. The summed E-state index contributed by atoms with van der Waals surface area (Å²) in [5.74, 6) is 0. The van der Waals surface area contributed by atoms with E-state index in [9.17, 15) is 20.0 Å². The molecule has 0 saturated heterocycles. The maximum atomic E-state index is 11.5. The molecule has 0 saturated carbocycles. The zero-order chi connectivity index (χ0) is 15.1. The van der Waals surface area contributed by atoms with Crippen LogP contribution < -0.4 is 10.6 Å². The largest absolute Gasteiger partial charge is 0.389 e. The number of anilines is 1. The van der Waals surface area contributed by atoms with E-state index in [-0.39, 0.29) is 29.5 Å². The standard InChI is InChI=1S/C11H14ClN3O5/c1-20-6-8(16)5-13-11(17)14-10-3-2-7(15(18)19)4-9(10)12/h2-4,8,16H,5-6H2,1H3,(H2,13,14,17)/t8-/m0/s1. The number of ether oxygens (including phenoxy) is 1. The van der Waals surface area contributed by atoms with Gasteiger partial charge in [-0.15, -0.1) is 0 Å². The first-order valence-corrected chi connectivity index (χ1v) is 5.97. The molecule has 0 aromatic heterocycles. The van der Waals surface area contributed by atoms with E-state index in [1.807, 2.05) is 0 Å². The summed E-state index contributed by atoms with van der Waals surface area (Å²) >= 11 is 5.81. The number of hydrogen-bond donors (Lipinski definition) is 3. The molecule has 0 radical (unpaired) electrons. The fourth-order valence-corrected chi connectivity index (χ4v) is 1.57. The van der Waals surface area contributed by atoms with Gasteiger partial charge in [-0.2, -0.15) is 0 Å². The van der Waals surface area contributed by atoms with Crippen molar-refractivity contribution < 1.29 is 19.6 Å². The Morgan fingerprint density at radius 2 is 2.30 bits per heavy atom. The van der Waals surface area contributed by atoms with Gasteiger partial charge in [-0.25, -0.2) is 4.79 Å². The Hall–Kier alpha value is -1.90. The molecule has 0 unspecified atom stereocenters. The highest BCUT2D eigenvalue weighted by Crippen LogP contribution is 2.26. The predicted molar refractivity (Wildman–Crippen MR) is 73.0 cm³/mol. The van der Waals surface area contributed by atoms with E-state index in [0.717, 1.165) is 6.07 Å². The van der Waals surface area contributed by atoms with Crippen molar-refractivity contribution in [3.63, 3.8) is 0 Å². The molecule has 8 nitrogen and oxygen atoms in total. The number of nitro benzene ring substituents is 1. The smallest absolute Gasteiger partial charge is 0.319 e. The van der Waals surface area contributed by atoms with Crippen molar-refractivity contribution in [3.05, 3.63) is 33.3 Å². The number of rotatable bonds is 6. The summed E-state index contributed by atoms with van der Waals surface area (Å²) in [6.45, 7) is 0.100. The Balaban J connectivity index is 2.56. The molecule has 0 aliphatic rings. The van der Waals surface area contributed by atoms with Crippen LogP contribution in [0.15, 0.2) is 18.2 Å². The molecule has 0 bridgehead atoms. The first-order valence-electron chi connectivity index (χ1n) is 5.60. The molecule has 0 aliphatic heterocycles. The summed E-state index contributed by atoms with van der Waals surface area (Å²) in [5.41, 5.74) is 0.0625. The normalized spacial score (nSPS) is 11.8. The van der Waals surface area contributed by atoms with Gasteiger partial charge in [0.05, 0.1) is 28.3 Å². The molecule has 1 aromatic carbocycles. The number of carbonyl (C=O) groups is 1. The van der Waals surface area contributed by atoms with Crippen LogP contribution in [0.1, 0.15) is 0 Å². The van der Waals surface area contributed by atoms with Crippen LogP contribution in [-0.2, 0) is 4.74 Å². The summed E-state index contributed by atoms with van der Waals surface area (Å²) < 4.78 is 4.70. The van der Waals surface area contributed by atoms with E-state index in [2.05, 4.69) is 10.6 Å². The first-order chi connectivity index (χ1) is 9.43. The Bertz CT molecular complexity index is 497. The number of benzene rings is 1. The highest BCUT2D eigenvalue weighted by atomic mass is 35.5. The van der Waals surface area contributed by atoms with Gasteiger partial charge in [0.2, 0.25) is 0 Å². The summed E-state index contributed by atoms with van der Waals surface area (Å²) in [5, 5.41) is 24.8. The third-order valence-electron chi connectivity index (χ3n) is 2.27. The molecule has 0 spiro atoms. The first kappa shape index (κ1) is 16.2. The van der Waals surface area contributed by atoms with E-state index >= 15 is 0 Å². The molecule has 0 aliphatic carbocycles. The predicted octanol–water partition coefficient (Wildman–Crippen LogP) is 1.38. The highest BCUT2D eigenvalue weighted by molar-refractivity contribution is 6.33. The van der Waals surface area contributed by atoms with Crippen molar-refractivity contribution in [2.75, 3.05) is 25.6 Å². The second-order valence-electron chi connectivity index (χ2n) is 3.87. The number of aliphatic hydroxyl groups is 1. The number of carbonyl (C=O) groups excluding carboxylic acids is 1. The minimum Gasteiger partial charge on any atom is -0.389 e. The fourth-order valence-electron chi connectivity index (χ4n) is 1.35. The lowest BCUT2D eigenvalue weighted by Gasteiger charge is -2.12. The van der Waals surface area contributed by atoms with Crippen LogP contribution in [-0.4, -0.2) is 42.4 Å². The Morgan fingerprint density at radius 3 is 2.85 bits per heavy atom. The third kappa shape index (κ3) is 5.00. The number of non-ortho nitro benzene ring substituents is 1. The van der Waals surface area contributed by atoms with Gasteiger partial charge in [-0.1, -0.05) is 11.6 Å². The van der Waals surface area contributed by atoms with Gasteiger partial charge in [0.1, 0.15) is 0 Å². The van der Waals surface area contributed by atoms with Crippen molar-refractivity contribution in [2.24, 2.45) is 0 Å². The number of urea groups is 1. The van der Waals surface area contributed by atoms with Gasteiger partial charge in [-0.3, -0.25) is 10.1 Å². The molecule has 3 N–H and O–H groups in total. The molecule has 110 valence electrons. The maximum absolute atomic E-state index is 11.5. The van der Waals surface area contributed by atoms with E-state index in [1.165, 1.54) is 19.2 Å². The SMILES string of the molecule is COC[C@@H](O)CNC(=O)Nc1ccc([N+](=O)[O-])cc1Cl. The summed E-state index contributed by atoms with van der Waals surface area (Å²) in [7, 11) is 1.43. The van der Waals surface area contributed by atoms with E-state index in [4.69, 9.17) is 16.3 Å². The van der Waals surface area contributed by atoms with Crippen molar-refractivity contribution in [1.82, 2.24) is 5.32 Å². The van der Waals surface area contributed by atoms with Gasteiger partial charge in [0, 0.05) is 25.8 Å². The lowest BCUT2D eigenvalue weighted by Crippen LogP contribution is -2.37. The Morgan fingerprint density at radius 1 is 1.60 bits per heavy atom. The number of nitro groups is 1. The molecule has 9 heteroatoms. The van der Waals surface area contributed by atoms with Crippen LogP contribution in [0.4, 0.5) is 16.2 Å². The second kappa shape index (κ2) is 7.63. The number of aliphatic hydroxyl groups excluding tert-OH is 1. The summed E-state index contributed by atoms with van der Waals surface area (Å²) in [6, 6.07) is 3.10. The van der Waals surface area contributed by atoms with Crippen molar-refractivity contribution in [3.8, 4) is 0 Å². The number of nitrogens with one attached hydrogen (secondary N) is 2. The lowest BCUT2D eigenvalue weighted by atomic mass is 10.3. The van der Waals surface area contributed by atoms with E-state index in [1.54, 1.807) is 0 Å². The van der Waals surface area contributed by atoms with Gasteiger partial charge in [0.15, 0.2) is 0 Å². The number of amides is 2. The molecule has 1 rings (SSSR count). The van der Waals surface area contributed by atoms with Crippen LogP contribution in [0.5, 0.6) is 0 Å². The van der Waals surface area contributed by atoms with Crippen LogP contribution >= 0.6 is 11.6 Å². The fraction of sp³-hybridized carbons (Fsp3) is 0.364. The third-order valence-corrected chi connectivity index (χ3v) is 2.58. The molecule has 1 aromatic rings. The zero-order valence-electron chi connectivity index (χ0n) is 10.6. The highest BCUT2D eigenvalue weighted by Gasteiger charge is 2.12. The van der Waals surface area contributed by atoms with Crippen LogP contribution in [0.2, 0.25) is 5.02 Å². The summed E-state index contributed by atoms with van der Waals surface area (Å²) in [4.78, 5) is 21.5. The molecular weight excluding hydrogens is 290 g/mol. The number of methoxy groups -OCH3 is 1. The molecule has 20 heavy (non-hydrogen) atoms. The monoisotopic (exact) mass is 303 g/mol. The Labute approximate surface area is 119 Å². The van der Waals surface area contributed by atoms with Crippen molar-refractivity contribution >= 4 is 29.0 Å². The quantitative estimate of drug-likeness (QED) is 0.542. The van der Waals surface area contributed by atoms with Crippen LogP contribution in [0.3, 0.4) is 0 Å². The van der Waals surface area contributed by atoms with Gasteiger partial charge < -0.3 is 20.5 Å². The Kier molecular flexibility index (Phi) is 6.16. The average Bonchev–Trinajstić information content (AvgIpc) is 2.39. The van der Waals surface area contributed by atoms with Crippen LogP contribution in [0.25, 0.3) is 0 Å². The topological polar surface area (TPSA) is 114 Å². The van der Waals surface area contributed by atoms with Gasteiger partial charge in [0.25, 0.3) is 5.69 Å². The molecular formula is C11H14ClN3O5. The van der Waals surface area contributed by atoms with E-state index in [0.29, 0.717) is 0 Å². The lowest BCUT2D eigenvalue weighted by molar-refractivity contribution is -0.384. The molecule has 2 amide bonds. The second-order valence-corrected chi connectivity index (χ2v) is 4.27. The van der Waals surface area contributed by atoms with E-state index < -0.39 is 17.1 Å². The van der Waals surface area contributed by atoms with Gasteiger partial charge >= 0.3 is 6.03 Å². The average molecular weight is 304 g/mol. The molecule has 0 heterocycles. The molecule has 1 atom stereocenters. The zero-order valence-corrected chi connectivity index (χ0v) is 11.4. The maximum Gasteiger partial charge on any atom is 0.319 e. The summed E-state index contributed by atoms with van der Waals surface area (Å²) in [6.07, 6.45) is -0.821. The minimum absolute atomic E-state index is 0.00424. The van der Waals surface area contributed by atoms with Crippen molar-refractivity contribution in [2.45, 2.75) is 6.10 Å². The number of hydrogen-bond acceptors (Lipinski definition) is 5. The van der Waals surface area contributed by atoms with Crippen LogP contribution in [0, 0.1) is 10.1 Å².